The quantitative estimate of drug-likeness (QED) is 0.806. The molecule has 1 atom stereocenters. The summed E-state index contributed by atoms with van der Waals surface area (Å²) in [7, 11) is 2.06. The molecule has 84 valence electrons. The van der Waals surface area contributed by atoms with Crippen LogP contribution in [0, 0.1) is 5.82 Å². The average molecular weight is 274 g/mol. The second kappa shape index (κ2) is 5.61. The Morgan fingerprint density at radius 3 is 2.73 bits per heavy atom. The Balaban J connectivity index is 2.76. The molecule has 0 radical (unpaired) electrons. The average Bonchev–Trinajstić information content (AvgIpc) is 2.23. The normalized spacial score (nSPS) is 13.2. The number of rotatable bonds is 4. The fraction of sp³-hybridized carbons (Fsp3) is 0.500. The van der Waals surface area contributed by atoms with Crippen molar-refractivity contribution < 1.29 is 4.39 Å². The van der Waals surface area contributed by atoms with Crippen molar-refractivity contribution in [3.8, 4) is 0 Å². The zero-order chi connectivity index (χ0) is 11.4. The van der Waals surface area contributed by atoms with Gasteiger partial charge < -0.3 is 0 Å². The molecule has 1 unspecified atom stereocenters. The number of nitrogens with zero attached hydrogens (tertiary/aromatic N) is 1. The molecule has 0 aliphatic rings. The summed E-state index contributed by atoms with van der Waals surface area (Å²) in [6.07, 6.45) is 1.10. The van der Waals surface area contributed by atoms with E-state index in [-0.39, 0.29) is 5.82 Å². The summed E-state index contributed by atoms with van der Waals surface area (Å²) in [5.41, 5.74) is 0.998. The molecule has 0 bridgehead atoms. The molecule has 0 aromatic heterocycles. The number of hydrogen-bond acceptors (Lipinski definition) is 1. The highest BCUT2D eigenvalue weighted by Gasteiger charge is 2.11. The van der Waals surface area contributed by atoms with Gasteiger partial charge in [-0.15, -0.1) is 0 Å². The van der Waals surface area contributed by atoms with Crippen molar-refractivity contribution in [2.24, 2.45) is 0 Å². The van der Waals surface area contributed by atoms with Crippen molar-refractivity contribution in [2.45, 2.75) is 32.9 Å². The van der Waals surface area contributed by atoms with Gasteiger partial charge in [0.05, 0.1) is 4.47 Å². The van der Waals surface area contributed by atoms with Crippen LogP contribution in [0.4, 0.5) is 4.39 Å². The Morgan fingerprint density at radius 1 is 1.47 bits per heavy atom. The highest BCUT2D eigenvalue weighted by Crippen LogP contribution is 2.22. The molecule has 1 aromatic carbocycles. The Morgan fingerprint density at radius 2 is 2.13 bits per heavy atom. The summed E-state index contributed by atoms with van der Waals surface area (Å²) in [5, 5.41) is 0. The van der Waals surface area contributed by atoms with Gasteiger partial charge in [-0.2, -0.15) is 0 Å². The van der Waals surface area contributed by atoms with E-state index in [2.05, 4.69) is 41.7 Å². The summed E-state index contributed by atoms with van der Waals surface area (Å²) >= 11 is 3.28. The first-order valence-corrected chi connectivity index (χ1v) is 5.98. The molecule has 0 heterocycles. The third-order valence-electron chi connectivity index (χ3n) is 2.79. The highest BCUT2D eigenvalue weighted by molar-refractivity contribution is 9.10. The highest BCUT2D eigenvalue weighted by atomic mass is 79.9. The van der Waals surface area contributed by atoms with Gasteiger partial charge >= 0.3 is 0 Å². The molecule has 3 heteroatoms. The third kappa shape index (κ3) is 3.28. The van der Waals surface area contributed by atoms with E-state index >= 15 is 0 Å². The Labute approximate surface area is 99.4 Å². The lowest BCUT2D eigenvalue weighted by Gasteiger charge is -2.24. The van der Waals surface area contributed by atoms with Crippen LogP contribution < -0.4 is 0 Å². The molecular formula is C12H17BrFN. The van der Waals surface area contributed by atoms with Gasteiger partial charge in [0.2, 0.25) is 0 Å². The van der Waals surface area contributed by atoms with Crippen LogP contribution in [0.3, 0.4) is 0 Å². The van der Waals surface area contributed by atoms with Crippen LogP contribution in [0.25, 0.3) is 0 Å². The summed E-state index contributed by atoms with van der Waals surface area (Å²) in [4.78, 5) is 2.22. The second-order valence-corrected chi connectivity index (χ2v) is 4.68. The van der Waals surface area contributed by atoms with Crippen LogP contribution in [0.15, 0.2) is 22.7 Å². The summed E-state index contributed by atoms with van der Waals surface area (Å²) in [6, 6.07) is 5.68. The van der Waals surface area contributed by atoms with Gasteiger partial charge in [-0.1, -0.05) is 19.1 Å². The molecule has 1 rings (SSSR count). The van der Waals surface area contributed by atoms with E-state index in [1.807, 2.05) is 6.07 Å². The van der Waals surface area contributed by atoms with Crippen LogP contribution in [0.5, 0.6) is 0 Å². The van der Waals surface area contributed by atoms with Crippen LogP contribution in [-0.2, 0) is 6.54 Å². The number of hydrogen-bond donors (Lipinski definition) is 0. The maximum atomic E-state index is 13.2. The molecule has 15 heavy (non-hydrogen) atoms. The van der Waals surface area contributed by atoms with Crippen molar-refractivity contribution in [3.05, 3.63) is 34.1 Å². The van der Waals surface area contributed by atoms with Gasteiger partial charge in [0.1, 0.15) is 5.82 Å². The minimum Gasteiger partial charge on any atom is -0.299 e. The Hall–Kier alpha value is -0.410. The predicted molar refractivity (Wildman–Crippen MR) is 65.3 cm³/mol. The van der Waals surface area contributed by atoms with E-state index in [1.54, 1.807) is 6.07 Å². The molecule has 0 aliphatic carbocycles. The van der Waals surface area contributed by atoms with Gasteiger partial charge in [-0.25, -0.2) is 4.39 Å². The van der Waals surface area contributed by atoms with Crippen LogP contribution in [-0.4, -0.2) is 18.0 Å². The van der Waals surface area contributed by atoms with Gasteiger partial charge in [0.15, 0.2) is 0 Å². The van der Waals surface area contributed by atoms with E-state index < -0.39 is 0 Å². The van der Waals surface area contributed by atoms with Crippen LogP contribution in [0.2, 0.25) is 0 Å². The lowest BCUT2D eigenvalue weighted by atomic mass is 10.1. The summed E-state index contributed by atoms with van der Waals surface area (Å²) < 4.78 is 13.8. The fourth-order valence-corrected chi connectivity index (χ4v) is 1.80. The molecule has 0 aliphatic heterocycles. The minimum absolute atomic E-state index is 0.190. The molecule has 0 amide bonds. The van der Waals surface area contributed by atoms with Crippen molar-refractivity contribution in [1.29, 1.82) is 0 Å². The van der Waals surface area contributed by atoms with Gasteiger partial charge in [0, 0.05) is 12.6 Å². The Bertz CT molecular complexity index is 327. The topological polar surface area (TPSA) is 3.24 Å². The zero-order valence-electron chi connectivity index (χ0n) is 9.43. The lowest BCUT2D eigenvalue weighted by molar-refractivity contribution is 0.243. The molecule has 1 nitrogen and oxygen atoms in total. The minimum atomic E-state index is -0.190. The number of benzene rings is 1. The maximum Gasteiger partial charge on any atom is 0.137 e. The first-order valence-electron chi connectivity index (χ1n) is 5.19. The van der Waals surface area contributed by atoms with Crippen LogP contribution >= 0.6 is 15.9 Å². The molecule has 0 spiro atoms. The SMILES string of the molecule is CCC(C)N(C)Cc1cccc(F)c1Br. The largest absolute Gasteiger partial charge is 0.299 e. The van der Waals surface area contributed by atoms with E-state index in [1.165, 1.54) is 6.07 Å². The van der Waals surface area contributed by atoms with Crippen molar-refractivity contribution in [3.63, 3.8) is 0 Å². The zero-order valence-corrected chi connectivity index (χ0v) is 11.0. The molecule has 0 fully saturated rings. The van der Waals surface area contributed by atoms with E-state index in [0.29, 0.717) is 10.5 Å². The second-order valence-electron chi connectivity index (χ2n) is 3.89. The monoisotopic (exact) mass is 273 g/mol. The van der Waals surface area contributed by atoms with Crippen LogP contribution in [0.1, 0.15) is 25.8 Å². The van der Waals surface area contributed by atoms with Gasteiger partial charge in [0.25, 0.3) is 0 Å². The molecular weight excluding hydrogens is 257 g/mol. The first-order chi connectivity index (χ1) is 7.06. The predicted octanol–water partition coefficient (Wildman–Crippen LogP) is 3.82. The fourth-order valence-electron chi connectivity index (χ4n) is 1.41. The maximum absolute atomic E-state index is 13.2. The van der Waals surface area contributed by atoms with Crippen molar-refractivity contribution >= 4 is 15.9 Å². The smallest absolute Gasteiger partial charge is 0.137 e. The van der Waals surface area contributed by atoms with Gasteiger partial charge in [-0.3, -0.25) is 4.90 Å². The van der Waals surface area contributed by atoms with Crippen molar-refractivity contribution in [1.82, 2.24) is 4.90 Å². The number of halogens is 2. The summed E-state index contributed by atoms with van der Waals surface area (Å²) in [5.74, 6) is -0.190. The first kappa shape index (κ1) is 12.7. The molecule has 0 N–H and O–H groups in total. The van der Waals surface area contributed by atoms with E-state index in [0.717, 1.165) is 18.5 Å². The summed E-state index contributed by atoms with van der Waals surface area (Å²) in [6.45, 7) is 5.10. The lowest BCUT2D eigenvalue weighted by Crippen LogP contribution is -2.27. The molecule has 0 saturated heterocycles. The standard InChI is InChI=1S/C12H17BrFN/c1-4-9(2)15(3)8-10-6-5-7-11(14)12(10)13/h5-7,9H,4,8H2,1-3H3. The molecule has 1 aromatic rings. The van der Waals surface area contributed by atoms with Gasteiger partial charge in [-0.05, 0) is 48.0 Å². The van der Waals surface area contributed by atoms with E-state index in [4.69, 9.17) is 0 Å². The van der Waals surface area contributed by atoms with E-state index in [9.17, 15) is 4.39 Å². The molecule has 0 saturated carbocycles. The third-order valence-corrected chi connectivity index (χ3v) is 3.68. The Kier molecular flexibility index (Phi) is 4.74. The van der Waals surface area contributed by atoms with Crippen molar-refractivity contribution in [2.75, 3.05) is 7.05 Å².